The van der Waals surface area contributed by atoms with Crippen molar-refractivity contribution in [1.29, 1.82) is 0 Å². The van der Waals surface area contributed by atoms with Crippen LogP contribution in [-0.4, -0.2) is 22.8 Å². The van der Waals surface area contributed by atoms with Crippen molar-refractivity contribution in [2.75, 3.05) is 7.11 Å². The number of alkyl halides is 1. The zero-order chi connectivity index (χ0) is 15.4. The minimum Gasteiger partial charge on any atom is -0.381 e. The molecule has 2 unspecified atom stereocenters. The van der Waals surface area contributed by atoms with Gasteiger partial charge in [-0.25, -0.2) is 9.37 Å². The first-order valence-corrected chi connectivity index (χ1v) is 8.17. The molecule has 1 aromatic carbocycles. The molecule has 3 rings (SSSR count). The number of imidazole rings is 1. The molecule has 6 heteroatoms. The highest BCUT2D eigenvalue weighted by Crippen LogP contribution is 2.52. The molecule has 21 heavy (non-hydrogen) atoms. The van der Waals surface area contributed by atoms with Crippen LogP contribution in [0.25, 0.3) is 11.0 Å². The van der Waals surface area contributed by atoms with Crippen LogP contribution in [0, 0.1) is 11.2 Å². The summed E-state index contributed by atoms with van der Waals surface area (Å²) in [6.07, 6.45) is 1.13. The van der Waals surface area contributed by atoms with Gasteiger partial charge in [0, 0.05) is 24.6 Å². The maximum Gasteiger partial charge on any atom is 0.139 e. The molecule has 1 aliphatic rings. The van der Waals surface area contributed by atoms with Gasteiger partial charge in [-0.1, -0.05) is 13.8 Å². The van der Waals surface area contributed by atoms with Crippen LogP contribution < -0.4 is 0 Å². The molecule has 1 aromatic heterocycles. The van der Waals surface area contributed by atoms with Gasteiger partial charge in [-0.05, 0) is 28.4 Å². The van der Waals surface area contributed by atoms with E-state index in [2.05, 4.69) is 39.3 Å². The van der Waals surface area contributed by atoms with Crippen molar-refractivity contribution in [2.45, 2.75) is 38.3 Å². The molecular weight excluding hydrogens is 359 g/mol. The maximum atomic E-state index is 13.7. The molecule has 1 fully saturated rings. The highest BCUT2D eigenvalue weighted by Gasteiger charge is 2.50. The van der Waals surface area contributed by atoms with Gasteiger partial charge in [0.25, 0.3) is 0 Å². The molecule has 0 radical (unpaired) electrons. The molecule has 1 aliphatic carbocycles. The lowest BCUT2D eigenvalue weighted by Crippen LogP contribution is -2.51. The molecular formula is C15H17BrClFN2O. The average Bonchev–Trinajstić information content (AvgIpc) is 2.76. The third kappa shape index (κ3) is 2.21. The monoisotopic (exact) mass is 374 g/mol. The molecule has 2 atom stereocenters. The van der Waals surface area contributed by atoms with Crippen molar-refractivity contribution in [3.63, 3.8) is 0 Å². The Kier molecular flexibility index (Phi) is 3.79. The van der Waals surface area contributed by atoms with Crippen LogP contribution in [0.4, 0.5) is 4.39 Å². The summed E-state index contributed by atoms with van der Waals surface area (Å²) in [5, 5.41) is 0. The van der Waals surface area contributed by atoms with E-state index in [0.29, 0.717) is 15.9 Å². The Balaban J connectivity index is 2.16. The maximum absolute atomic E-state index is 13.7. The molecule has 3 nitrogen and oxygen atoms in total. The molecule has 0 aliphatic heterocycles. The highest BCUT2D eigenvalue weighted by molar-refractivity contribution is 9.10. The zero-order valence-corrected chi connectivity index (χ0v) is 14.5. The Morgan fingerprint density at radius 3 is 2.81 bits per heavy atom. The summed E-state index contributed by atoms with van der Waals surface area (Å²) < 4.78 is 21.8. The second kappa shape index (κ2) is 5.21. The van der Waals surface area contributed by atoms with Gasteiger partial charge in [0.15, 0.2) is 0 Å². The fourth-order valence-electron chi connectivity index (χ4n) is 3.28. The Morgan fingerprint density at radius 2 is 2.24 bits per heavy atom. The van der Waals surface area contributed by atoms with Gasteiger partial charge in [0.05, 0.1) is 27.5 Å². The number of aromatic nitrogens is 2. The molecule has 0 amide bonds. The molecule has 0 spiro atoms. The molecule has 2 aromatic rings. The summed E-state index contributed by atoms with van der Waals surface area (Å²) in [5.41, 5.74) is 1.54. The lowest BCUT2D eigenvalue weighted by molar-refractivity contribution is -0.112. The summed E-state index contributed by atoms with van der Waals surface area (Å²) in [4.78, 5) is 4.48. The normalized spacial score (nSPS) is 24.3. The number of ether oxygens (including phenoxy) is 1. The first-order chi connectivity index (χ1) is 9.90. The van der Waals surface area contributed by atoms with E-state index < -0.39 is 0 Å². The fourth-order valence-corrected chi connectivity index (χ4v) is 3.80. The lowest BCUT2D eigenvalue weighted by Gasteiger charge is -2.52. The number of nitrogens with zero attached hydrogens (tertiary/aromatic N) is 2. The number of fused-ring (bicyclic) bond motifs is 1. The molecule has 0 bridgehead atoms. The average molecular weight is 376 g/mol. The highest BCUT2D eigenvalue weighted by atomic mass is 79.9. The number of methoxy groups -OCH3 is 1. The fraction of sp³-hybridized carbons (Fsp3) is 0.533. The van der Waals surface area contributed by atoms with Gasteiger partial charge in [-0.3, -0.25) is 0 Å². The summed E-state index contributed by atoms with van der Waals surface area (Å²) >= 11 is 9.30. The van der Waals surface area contributed by atoms with Gasteiger partial charge in [-0.2, -0.15) is 0 Å². The number of benzene rings is 1. The van der Waals surface area contributed by atoms with E-state index in [1.165, 1.54) is 6.07 Å². The largest absolute Gasteiger partial charge is 0.381 e. The molecule has 1 heterocycles. The topological polar surface area (TPSA) is 27.1 Å². The van der Waals surface area contributed by atoms with Crippen LogP contribution in [0.15, 0.2) is 16.6 Å². The van der Waals surface area contributed by atoms with Crippen LogP contribution in [0.3, 0.4) is 0 Å². The first-order valence-electron chi connectivity index (χ1n) is 6.84. The first kappa shape index (κ1) is 15.3. The smallest absolute Gasteiger partial charge is 0.139 e. The van der Waals surface area contributed by atoms with E-state index in [1.807, 2.05) is 0 Å². The second-order valence-electron chi connectivity index (χ2n) is 6.08. The van der Waals surface area contributed by atoms with Gasteiger partial charge in [-0.15, -0.1) is 11.6 Å². The van der Waals surface area contributed by atoms with E-state index in [4.69, 9.17) is 16.3 Å². The van der Waals surface area contributed by atoms with E-state index in [0.717, 1.165) is 17.8 Å². The van der Waals surface area contributed by atoms with Crippen LogP contribution in [0.1, 0.15) is 32.1 Å². The van der Waals surface area contributed by atoms with Gasteiger partial charge >= 0.3 is 0 Å². The quantitative estimate of drug-likeness (QED) is 0.729. The van der Waals surface area contributed by atoms with E-state index in [9.17, 15) is 4.39 Å². The van der Waals surface area contributed by atoms with Crippen molar-refractivity contribution >= 4 is 38.6 Å². The predicted octanol–water partition coefficient (Wildman–Crippen LogP) is 4.66. The van der Waals surface area contributed by atoms with Crippen molar-refractivity contribution in [1.82, 2.24) is 9.55 Å². The Bertz CT molecular complexity index is 701. The standard InChI is InChI=1S/C15H17BrClFN2O/c1-15(2)12(6-13(15)21-3)20-11-4-8(16)9(18)5-10(11)19-14(20)7-17/h4-5,12-13H,6-7H2,1-3H3. The van der Waals surface area contributed by atoms with E-state index in [1.54, 1.807) is 13.2 Å². The number of rotatable bonds is 3. The minimum atomic E-state index is -0.309. The minimum absolute atomic E-state index is 0.00987. The van der Waals surface area contributed by atoms with E-state index >= 15 is 0 Å². The second-order valence-corrected chi connectivity index (χ2v) is 7.21. The number of halogens is 3. The van der Waals surface area contributed by atoms with E-state index in [-0.39, 0.29) is 23.4 Å². The van der Waals surface area contributed by atoms with Crippen LogP contribution in [0.2, 0.25) is 0 Å². The summed E-state index contributed by atoms with van der Waals surface area (Å²) in [5.74, 6) is 0.769. The van der Waals surface area contributed by atoms with Gasteiger partial charge < -0.3 is 9.30 Å². The zero-order valence-electron chi connectivity index (χ0n) is 12.2. The molecule has 0 saturated heterocycles. The summed E-state index contributed by atoms with van der Waals surface area (Å²) in [6.45, 7) is 4.36. The predicted molar refractivity (Wildman–Crippen MR) is 85.2 cm³/mol. The summed E-state index contributed by atoms with van der Waals surface area (Å²) in [7, 11) is 1.74. The van der Waals surface area contributed by atoms with Crippen molar-refractivity contribution < 1.29 is 9.13 Å². The number of hydrogen-bond donors (Lipinski definition) is 0. The Morgan fingerprint density at radius 1 is 1.52 bits per heavy atom. The lowest BCUT2D eigenvalue weighted by atomic mass is 9.64. The molecule has 0 N–H and O–H groups in total. The van der Waals surface area contributed by atoms with Crippen molar-refractivity contribution in [2.24, 2.45) is 5.41 Å². The van der Waals surface area contributed by atoms with Crippen LogP contribution in [-0.2, 0) is 10.6 Å². The molecule has 1 saturated carbocycles. The van der Waals surface area contributed by atoms with Crippen LogP contribution in [0.5, 0.6) is 0 Å². The Labute approximate surface area is 136 Å². The van der Waals surface area contributed by atoms with Gasteiger partial charge in [0.1, 0.15) is 11.6 Å². The van der Waals surface area contributed by atoms with Crippen molar-refractivity contribution in [3.8, 4) is 0 Å². The SMILES string of the molecule is COC1CC(n2c(CCl)nc3cc(F)c(Br)cc32)C1(C)C. The van der Waals surface area contributed by atoms with Crippen molar-refractivity contribution in [3.05, 3.63) is 28.2 Å². The Hall–Kier alpha value is -0.650. The van der Waals surface area contributed by atoms with Crippen LogP contribution >= 0.6 is 27.5 Å². The third-order valence-electron chi connectivity index (χ3n) is 4.65. The third-order valence-corrected chi connectivity index (χ3v) is 5.49. The van der Waals surface area contributed by atoms with Gasteiger partial charge in [0.2, 0.25) is 0 Å². The number of hydrogen-bond acceptors (Lipinski definition) is 2. The summed E-state index contributed by atoms with van der Waals surface area (Å²) in [6, 6.07) is 3.48. The molecule has 114 valence electrons.